The van der Waals surface area contributed by atoms with Crippen LogP contribution in [0, 0.1) is 0 Å². The van der Waals surface area contributed by atoms with Crippen LogP contribution in [0.1, 0.15) is 19.5 Å². The van der Waals surface area contributed by atoms with Crippen LogP contribution in [-0.4, -0.2) is 43.2 Å². The topological polar surface area (TPSA) is 37.4 Å². The minimum Gasteiger partial charge on any atom is -0.476 e. The summed E-state index contributed by atoms with van der Waals surface area (Å²) in [6.07, 6.45) is 0. The number of pyridine rings is 1. The van der Waals surface area contributed by atoms with Crippen molar-refractivity contribution in [3.8, 4) is 5.88 Å². The first-order valence-corrected chi connectivity index (χ1v) is 7.66. The third-order valence-electron chi connectivity index (χ3n) is 3.66. The summed E-state index contributed by atoms with van der Waals surface area (Å²) in [5.41, 5.74) is 1.01. The minimum atomic E-state index is 0.668. The number of hydrogen-bond donors (Lipinski definition) is 1. The summed E-state index contributed by atoms with van der Waals surface area (Å²) in [5.74, 6) is 0.741. The lowest BCUT2D eigenvalue weighted by molar-refractivity contribution is 0.219. The van der Waals surface area contributed by atoms with Gasteiger partial charge in [0.25, 0.3) is 0 Å². The standard InChI is InChI=1S/C17H25N3O/c1-4-20(5-2)10-11-21-17-16-9-7-6-8-14(16)12-15(19-17)13-18-3/h6-9,12,18H,4-5,10-11,13H2,1-3H3. The maximum Gasteiger partial charge on any atom is 0.221 e. The maximum absolute atomic E-state index is 5.96. The summed E-state index contributed by atoms with van der Waals surface area (Å²) in [6.45, 7) is 8.79. The first kappa shape index (κ1) is 15.7. The smallest absolute Gasteiger partial charge is 0.221 e. The molecule has 1 heterocycles. The number of benzene rings is 1. The van der Waals surface area contributed by atoms with E-state index in [2.05, 4.69) is 47.2 Å². The summed E-state index contributed by atoms with van der Waals surface area (Å²) in [7, 11) is 1.93. The van der Waals surface area contributed by atoms with Crippen LogP contribution in [0.4, 0.5) is 0 Å². The number of aromatic nitrogens is 1. The Morgan fingerprint density at radius 3 is 2.67 bits per heavy atom. The Labute approximate surface area is 127 Å². The third kappa shape index (κ3) is 4.16. The van der Waals surface area contributed by atoms with Gasteiger partial charge in [-0.25, -0.2) is 4.98 Å². The second-order valence-corrected chi connectivity index (χ2v) is 5.05. The van der Waals surface area contributed by atoms with Crippen molar-refractivity contribution in [1.29, 1.82) is 0 Å². The molecule has 0 saturated heterocycles. The summed E-state index contributed by atoms with van der Waals surface area (Å²) in [4.78, 5) is 6.98. The van der Waals surface area contributed by atoms with Gasteiger partial charge >= 0.3 is 0 Å². The van der Waals surface area contributed by atoms with Crippen molar-refractivity contribution in [2.75, 3.05) is 33.3 Å². The molecular formula is C17H25N3O. The minimum absolute atomic E-state index is 0.668. The number of rotatable bonds is 8. The van der Waals surface area contributed by atoms with Gasteiger partial charge in [-0.2, -0.15) is 0 Å². The van der Waals surface area contributed by atoms with Crippen molar-refractivity contribution >= 4 is 10.8 Å². The molecule has 0 atom stereocenters. The van der Waals surface area contributed by atoms with Gasteiger partial charge in [0, 0.05) is 18.5 Å². The van der Waals surface area contributed by atoms with E-state index in [1.54, 1.807) is 0 Å². The van der Waals surface area contributed by atoms with E-state index >= 15 is 0 Å². The van der Waals surface area contributed by atoms with E-state index in [0.717, 1.165) is 43.1 Å². The predicted octanol–water partition coefficient (Wildman–Crippen LogP) is 2.67. The van der Waals surface area contributed by atoms with E-state index in [1.165, 1.54) is 5.39 Å². The molecule has 21 heavy (non-hydrogen) atoms. The Morgan fingerprint density at radius 1 is 1.19 bits per heavy atom. The van der Waals surface area contributed by atoms with Crippen LogP contribution in [-0.2, 0) is 6.54 Å². The van der Waals surface area contributed by atoms with E-state index in [1.807, 2.05) is 19.2 Å². The number of nitrogens with zero attached hydrogens (tertiary/aromatic N) is 2. The van der Waals surface area contributed by atoms with Crippen LogP contribution in [0.3, 0.4) is 0 Å². The number of fused-ring (bicyclic) bond motifs is 1. The largest absolute Gasteiger partial charge is 0.476 e. The van der Waals surface area contributed by atoms with Crippen LogP contribution in [0.25, 0.3) is 10.8 Å². The molecule has 0 fully saturated rings. The van der Waals surface area contributed by atoms with Gasteiger partial charge in [-0.1, -0.05) is 32.0 Å². The number of likely N-dealkylation sites (N-methyl/N-ethyl adjacent to an activating group) is 1. The van der Waals surface area contributed by atoms with Gasteiger partial charge in [0.1, 0.15) is 6.61 Å². The average Bonchev–Trinajstić information content (AvgIpc) is 2.52. The van der Waals surface area contributed by atoms with Crippen LogP contribution < -0.4 is 10.1 Å². The van der Waals surface area contributed by atoms with Gasteiger partial charge in [-0.3, -0.25) is 0 Å². The second-order valence-electron chi connectivity index (χ2n) is 5.05. The second kappa shape index (κ2) is 7.96. The van der Waals surface area contributed by atoms with Crippen molar-refractivity contribution in [3.63, 3.8) is 0 Å². The monoisotopic (exact) mass is 287 g/mol. The molecule has 0 bridgehead atoms. The van der Waals surface area contributed by atoms with Gasteiger partial charge in [-0.15, -0.1) is 0 Å². The quantitative estimate of drug-likeness (QED) is 0.810. The highest BCUT2D eigenvalue weighted by Gasteiger charge is 2.07. The zero-order valence-corrected chi connectivity index (χ0v) is 13.2. The lowest BCUT2D eigenvalue weighted by atomic mass is 10.1. The zero-order chi connectivity index (χ0) is 15.1. The molecule has 2 aromatic rings. The Bertz CT molecular complexity index is 567. The summed E-state index contributed by atoms with van der Waals surface area (Å²) < 4.78 is 5.96. The summed E-state index contributed by atoms with van der Waals surface area (Å²) >= 11 is 0. The summed E-state index contributed by atoms with van der Waals surface area (Å²) in [5, 5.41) is 5.40. The van der Waals surface area contributed by atoms with Crippen molar-refractivity contribution in [2.24, 2.45) is 0 Å². The molecule has 0 unspecified atom stereocenters. The first-order chi connectivity index (χ1) is 10.3. The number of hydrogen-bond acceptors (Lipinski definition) is 4. The molecule has 1 N–H and O–H groups in total. The van der Waals surface area contributed by atoms with Crippen molar-refractivity contribution in [1.82, 2.24) is 15.2 Å². The van der Waals surface area contributed by atoms with Gasteiger partial charge in [0.2, 0.25) is 5.88 Å². The average molecular weight is 287 g/mol. The molecule has 0 aliphatic heterocycles. The number of ether oxygens (including phenoxy) is 1. The molecule has 0 aliphatic carbocycles. The first-order valence-electron chi connectivity index (χ1n) is 7.66. The van der Waals surface area contributed by atoms with Gasteiger partial charge in [0.05, 0.1) is 5.69 Å². The Hall–Kier alpha value is -1.65. The van der Waals surface area contributed by atoms with Crippen LogP contribution >= 0.6 is 0 Å². The molecule has 2 rings (SSSR count). The highest BCUT2D eigenvalue weighted by atomic mass is 16.5. The fraction of sp³-hybridized carbons (Fsp3) is 0.471. The maximum atomic E-state index is 5.96. The molecular weight excluding hydrogens is 262 g/mol. The third-order valence-corrected chi connectivity index (χ3v) is 3.66. The lowest BCUT2D eigenvalue weighted by Gasteiger charge is -2.18. The molecule has 4 nitrogen and oxygen atoms in total. The molecule has 0 spiro atoms. The highest BCUT2D eigenvalue weighted by molar-refractivity contribution is 5.87. The zero-order valence-electron chi connectivity index (χ0n) is 13.2. The SMILES string of the molecule is CCN(CC)CCOc1nc(CNC)cc2ccccc12. The van der Waals surface area contributed by atoms with Crippen molar-refractivity contribution in [3.05, 3.63) is 36.0 Å². The van der Waals surface area contributed by atoms with E-state index in [9.17, 15) is 0 Å². The van der Waals surface area contributed by atoms with Gasteiger partial charge < -0.3 is 15.0 Å². The highest BCUT2D eigenvalue weighted by Crippen LogP contribution is 2.24. The van der Waals surface area contributed by atoms with Crippen molar-refractivity contribution in [2.45, 2.75) is 20.4 Å². The molecule has 0 saturated carbocycles. The number of nitrogens with one attached hydrogen (secondary N) is 1. The van der Waals surface area contributed by atoms with Crippen LogP contribution in [0.5, 0.6) is 5.88 Å². The van der Waals surface area contributed by atoms with E-state index in [4.69, 9.17) is 4.74 Å². The fourth-order valence-electron chi connectivity index (χ4n) is 2.41. The van der Waals surface area contributed by atoms with E-state index < -0.39 is 0 Å². The Morgan fingerprint density at radius 2 is 1.95 bits per heavy atom. The van der Waals surface area contributed by atoms with Gasteiger partial charge in [0.15, 0.2) is 0 Å². The molecule has 4 heteroatoms. The fourth-order valence-corrected chi connectivity index (χ4v) is 2.41. The molecule has 114 valence electrons. The van der Waals surface area contributed by atoms with E-state index in [-0.39, 0.29) is 0 Å². The van der Waals surface area contributed by atoms with Gasteiger partial charge in [-0.05, 0) is 37.7 Å². The van der Waals surface area contributed by atoms with Crippen LogP contribution in [0.15, 0.2) is 30.3 Å². The lowest BCUT2D eigenvalue weighted by Crippen LogP contribution is -2.28. The predicted molar refractivity (Wildman–Crippen MR) is 87.8 cm³/mol. The summed E-state index contributed by atoms with van der Waals surface area (Å²) in [6, 6.07) is 10.4. The molecule has 0 aliphatic rings. The molecule has 1 aromatic carbocycles. The molecule has 0 radical (unpaired) electrons. The molecule has 1 aromatic heterocycles. The Balaban J connectivity index is 2.16. The van der Waals surface area contributed by atoms with Crippen molar-refractivity contribution < 1.29 is 4.74 Å². The molecule has 0 amide bonds. The van der Waals surface area contributed by atoms with E-state index in [0.29, 0.717) is 6.61 Å². The Kier molecular flexibility index (Phi) is 5.96. The van der Waals surface area contributed by atoms with Crippen LogP contribution in [0.2, 0.25) is 0 Å². The normalized spacial score (nSPS) is 11.2.